The Labute approximate surface area is 206 Å². The number of aliphatic hydroxyl groups excluding tert-OH is 1. The third-order valence-corrected chi connectivity index (χ3v) is 7.41. The van der Waals surface area contributed by atoms with Gasteiger partial charge in [0.1, 0.15) is 11.9 Å². The van der Waals surface area contributed by atoms with Crippen LogP contribution in [0.5, 0.6) is 5.75 Å². The molecule has 1 aliphatic heterocycles. The number of hydrogen-bond donors (Lipinski definition) is 3. The minimum Gasteiger partial charge on any atom is -0.489 e. The van der Waals surface area contributed by atoms with Gasteiger partial charge in [0.15, 0.2) is 5.65 Å². The Morgan fingerprint density at radius 3 is 2.83 bits per heavy atom. The topological polar surface area (TPSA) is 131 Å². The van der Waals surface area contributed by atoms with E-state index in [-0.39, 0.29) is 11.0 Å². The van der Waals surface area contributed by atoms with Crippen molar-refractivity contribution in [2.45, 2.75) is 29.9 Å². The molecule has 10 nitrogen and oxygen atoms in total. The minimum absolute atomic E-state index is 0.0913. The van der Waals surface area contributed by atoms with Gasteiger partial charge in [-0.25, -0.2) is 12.9 Å². The van der Waals surface area contributed by atoms with E-state index in [1.165, 1.54) is 10.6 Å². The van der Waals surface area contributed by atoms with Crippen LogP contribution in [0, 0.1) is 0 Å². The lowest BCUT2D eigenvalue weighted by Crippen LogP contribution is -2.36. The molecule has 0 spiro atoms. The van der Waals surface area contributed by atoms with Crippen LogP contribution in [0.4, 0.5) is 5.69 Å². The van der Waals surface area contributed by atoms with Crippen LogP contribution in [0.2, 0.25) is 5.02 Å². The first kappa shape index (κ1) is 23.5. The highest BCUT2D eigenvalue weighted by atomic mass is 35.5. The summed E-state index contributed by atoms with van der Waals surface area (Å²) in [6.07, 6.45) is 2.29. The van der Waals surface area contributed by atoms with Gasteiger partial charge in [0, 0.05) is 35.6 Å². The standard InChI is InChI=1S/C23H23ClN6O4S/c24-17-3-5-18(6-4-17)27-35(32,33)20-8-9-22-15(11-20)1-7-19(34-22)12-25-13-21(31)16-2-10-23-26-28-29-30(23)14-16/h2-6,8-11,14,19,21,25,27,31H,1,7,12-13H2/t19?,21-/m0/s1. The van der Waals surface area contributed by atoms with Crippen molar-refractivity contribution in [2.24, 2.45) is 0 Å². The zero-order valence-corrected chi connectivity index (χ0v) is 20.1. The van der Waals surface area contributed by atoms with Gasteiger partial charge in [0.2, 0.25) is 0 Å². The fraction of sp³-hybridized carbons (Fsp3) is 0.261. The minimum atomic E-state index is -3.74. The van der Waals surface area contributed by atoms with E-state index in [4.69, 9.17) is 16.3 Å². The van der Waals surface area contributed by atoms with E-state index in [2.05, 4.69) is 25.6 Å². The summed E-state index contributed by atoms with van der Waals surface area (Å²) in [6, 6.07) is 14.9. The van der Waals surface area contributed by atoms with Crippen LogP contribution in [0.25, 0.3) is 5.65 Å². The maximum Gasteiger partial charge on any atom is 0.261 e. The molecule has 3 N–H and O–H groups in total. The number of anilines is 1. The zero-order valence-electron chi connectivity index (χ0n) is 18.5. The number of hydrogen-bond acceptors (Lipinski definition) is 8. The number of tetrazole rings is 1. The molecule has 1 aliphatic rings. The molecule has 4 aromatic rings. The molecule has 0 fully saturated rings. The molecule has 1 unspecified atom stereocenters. The molecule has 0 aliphatic carbocycles. The number of sulfonamides is 1. The van der Waals surface area contributed by atoms with Gasteiger partial charge < -0.3 is 15.2 Å². The van der Waals surface area contributed by atoms with Crippen LogP contribution in [0.3, 0.4) is 0 Å². The number of aliphatic hydroxyl groups is 1. The molecule has 2 atom stereocenters. The van der Waals surface area contributed by atoms with E-state index in [0.29, 0.717) is 47.2 Å². The van der Waals surface area contributed by atoms with Crippen LogP contribution in [-0.4, -0.2) is 52.8 Å². The highest BCUT2D eigenvalue weighted by Crippen LogP contribution is 2.30. The van der Waals surface area contributed by atoms with Gasteiger partial charge in [-0.05, 0) is 77.4 Å². The van der Waals surface area contributed by atoms with Crippen molar-refractivity contribution < 1.29 is 18.3 Å². The number of pyridine rings is 1. The van der Waals surface area contributed by atoms with Crippen LogP contribution >= 0.6 is 11.6 Å². The second-order valence-corrected chi connectivity index (χ2v) is 10.4. The maximum atomic E-state index is 12.8. The van der Waals surface area contributed by atoms with Gasteiger partial charge in [0.05, 0.1) is 11.0 Å². The Balaban J connectivity index is 1.16. The van der Waals surface area contributed by atoms with Gasteiger partial charge in [0.25, 0.3) is 10.0 Å². The number of aromatic nitrogens is 4. The number of halogens is 1. The van der Waals surface area contributed by atoms with E-state index in [0.717, 1.165) is 12.0 Å². The van der Waals surface area contributed by atoms with E-state index in [9.17, 15) is 13.5 Å². The molecule has 12 heteroatoms. The van der Waals surface area contributed by atoms with E-state index < -0.39 is 16.1 Å². The number of fused-ring (bicyclic) bond motifs is 2. The number of benzene rings is 2. The Morgan fingerprint density at radius 2 is 2.00 bits per heavy atom. The highest BCUT2D eigenvalue weighted by molar-refractivity contribution is 7.92. The van der Waals surface area contributed by atoms with Crippen molar-refractivity contribution in [3.05, 3.63) is 76.9 Å². The van der Waals surface area contributed by atoms with Gasteiger partial charge in [-0.15, -0.1) is 5.10 Å². The summed E-state index contributed by atoms with van der Waals surface area (Å²) < 4.78 is 35.7. The third-order valence-electron chi connectivity index (χ3n) is 5.78. The Hall–Kier alpha value is -3.25. The zero-order chi connectivity index (χ0) is 24.4. The quantitative estimate of drug-likeness (QED) is 0.327. The fourth-order valence-electron chi connectivity index (χ4n) is 3.92. The van der Waals surface area contributed by atoms with E-state index in [1.54, 1.807) is 54.7 Å². The molecule has 5 rings (SSSR count). The Morgan fingerprint density at radius 1 is 1.17 bits per heavy atom. The van der Waals surface area contributed by atoms with E-state index in [1.807, 2.05) is 0 Å². The summed E-state index contributed by atoms with van der Waals surface area (Å²) in [7, 11) is -3.74. The summed E-state index contributed by atoms with van der Waals surface area (Å²) in [5.41, 5.74) is 2.60. The molecule has 35 heavy (non-hydrogen) atoms. The van der Waals surface area contributed by atoms with Crippen LogP contribution in [0.15, 0.2) is 65.7 Å². The first-order chi connectivity index (χ1) is 16.9. The molecule has 3 heterocycles. The van der Waals surface area contributed by atoms with Crippen molar-refractivity contribution >= 4 is 33.0 Å². The lowest BCUT2D eigenvalue weighted by atomic mass is 10.0. The first-order valence-corrected chi connectivity index (χ1v) is 12.9. The highest BCUT2D eigenvalue weighted by Gasteiger charge is 2.23. The molecule has 0 saturated carbocycles. The summed E-state index contributed by atoms with van der Waals surface area (Å²) >= 11 is 5.87. The lowest BCUT2D eigenvalue weighted by molar-refractivity contribution is 0.146. The lowest BCUT2D eigenvalue weighted by Gasteiger charge is -2.27. The van der Waals surface area contributed by atoms with Crippen LogP contribution < -0.4 is 14.8 Å². The molecule has 0 amide bonds. The predicted molar refractivity (Wildman–Crippen MR) is 130 cm³/mol. The maximum absolute atomic E-state index is 12.8. The molecular weight excluding hydrogens is 492 g/mol. The normalized spacial score (nSPS) is 16.5. The Kier molecular flexibility index (Phi) is 6.56. The van der Waals surface area contributed by atoms with Gasteiger partial charge in [-0.3, -0.25) is 4.72 Å². The monoisotopic (exact) mass is 514 g/mol. The third kappa shape index (κ3) is 5.38. The largest absolute Gasteiger partial charge is 0.489 e. The SMILES string of the molecule is O=S(=O)(Nc1ccc(Cl)cc1)c1ccc2c(c1)CCC(CNC[C@H](O)c1ccc3nnnn3c1)O2. The number of aryl methyl sites for hydroxylation is 1. The summed E-state index contributed by atoms with van der Waals surface area (Å²) in [5, 5.41) is 25.5. The molecule has 0 radical (unpaired) electrons. The van der Waals surface area contributed by atoms with Crippen molar-refractivity contribution in [2.75, 3.05) is 17.8 Å². The second-order valence-electron chi connectivity index (χ2n) is 8.28. The van der Waals surface area contributed by atoms with Crippen molar-refractivity contribution in [1.29, 1.82) is 0 Å². The number of nitrogens with zero attached hydrogens (tertiary/aromatic N) is 4. The van der Waals surface area contributed by atoms with Crippen molar-refractivity contribution in [1.82, 2.24) is 25.4 Å². The predicted octanol–water partition coefficient (Wildman–Crippen LogP) is 2.60. The number of rotatable bonds is 8. The average molecular weight is 515 g/mol. The Bertz CT molecular complexity index is 1440. The molecule has 2 aromatic carbocycles. The summed E-state index contributed by atoms with van der Waals surface area (Å²) in [4.78, 5) is 0.175. The first-order valence-electron chi connectivity index (χ1n) is 11.0. The van der Waals surface area contributed by atoms with Gasteiger partial charge >= 0.3 is 0 Å². The smallest absolute Gasteiger partial charge is 0.261 e. The molecule has 2 aromatic heterocycles. The molecule has 0 bridgehead atoms. The molecular formula is C23H23ClN6O4S. The second kappa shape index (κ2) is 9.78. The van der Waals surface area contributed by atoms with Crippen LogP contribution in [-0.2, 0) is 16.4 Å². The van der Waals surface area contributed by atoms with E-state index >= 15 is 0 Å². The van der Waals surface area contributed by atoms with Crippen LogP contribution in [0.1, 0.15) is 23.7 Å². The van der Waals surface area contributed by atoms with Crippen molar-refractivity contribution in [3.63, 3.8) is 0 Å². The van der Waals surface area contributed by atoms with Gasteiger partial charge in [-0.1, -0.05) is 17.7 Å². The average Bonchev–Trinajstić information content (AvgIpc) is 3.33. The summed E-state index contributed by atoms with van der Waals surface area (Å²) in [5.74, 6) is 0.665. The number of ether oxygens (including phenoxy) is 1. The molecule has 182 valence electrons. The summed E-state index contributed by atoms with van der Waals surface area (Å²) in [6.45, 7) is 0.885. The number of nitrogens with one attached hydrogen (secondary N) is 2. The van der Waals surface area contributed by atoms with Crippen molar-refractivity contribution in [3.8, 4) is 5.75 Å². The van der Waals surface area contributed by atoms with Gasteiger partial charge in [-0.2, -0.15) is 0 Å². The molecule has 0 saturated heterocycles. The fourth-order valence-corrected chi connectivity index (χ4v) is 5.15.